The lowest BCUT2D eigenvalue weighted by Crippen LogP contribution is -2.61. The van der Waals surface area contributed by atoms with Gasteiger partial charge in [-0.1, -0.05) is 19.9 Å². The van der Waals surface area contributed by atoms with Crippen molar-refractivity contribution in [3.63, 3.8) is 0 Å². The minimum absolute atomic E-state index is 0.0202. The zero-order valence-corrected chi connectivity index (χ0v) is 20.3. The molecule has 1 atom stereocenters. The number of ether oxygens (including phenoxy) is 1. The monoisotopic (exact) mass is 482 g/mol. The van der Waals surface area contributed by atoms with Crippen molar-refractivity contribution >= 4 is 17.6 Å². The van der Waals surface area contributed by atoms with Gasteiger partial charge < -0.3 is 21.3 Å². The molecule has 188 valence electrons. The van der Waals surface area contributed by atoms with Crippen molar-refractivity contribution in [2.24, 2.45) is 5.92 Å². The molecule has 1 aromatic heterocycles. The number of halogens is 3. The predicted molar refractivity (Wildman–Crippen MR) is 126 cm³/mol. The van der Waals surface area contributed by atoms with E-state index in [0.29, 0.717) is 12.0 Å². The summed E-state index contributed by atoms with van der Waals surface area (Å²) in [6.45, 7) is 10.5. The van der Waals surface area contributed by atoms with Crippen LogP contribution in [0.2, 0.25) is 0 Å². The second-order valence-corrected chi connectivity index (χ2v) is 10.0. The summed E-state index contributed by atoms with van der Waals surface area (Å²) in [5.41, 5.74) is 9.35. The third-order valence-electron chi connectivity index (χ3n) is 5.41. The smallest absolute Gasteiger partial charge is 0.419 e. The van der Waals surface area contributed by atoms with Crippen LogP contribution in [-0.2, 0) is 6.18 Å². The Morgan fingerprint density at radius 2 is 1.76 bits per heavy atom. The highest BCUT2D eigenvalue weighted by molar-refractivity contribution is 5.82. The Kier molecular flexibility index (Phi) is 7.64. The van der Waals surface area contributed by atoms with E-state index in [1.54, 1.807) is 27.7 Å². The molecule has 1 amide bonds. The third-order valence-corrected chi connectivity index (χ3v) is 5.41. The van der Waals surface area contributed by atoms with Crippen LogP contribution in [0.15, 0.2) is 30.5 Å². The highest BCUT2D eigenvalue weighted by Gasteiger charge is 2.44. The average molecular weight is 483 g/mol. The molecule has 34 heavy (non-hydrogen) atoms. The zero-order valence-electron chi connectivity index (χ0n) is 20.3. The highest BCUT2D eigenvalue weighted by atomic mass is 19.4. The van der Waals surface area contributed by atoms with E-state index in [0.717, 1.165) is 6.07 Å². The minimum atomic E-state index is -4.72. The van der Waals surface area contributed by atoms with Gasteiger partial charge in [-0.25, -0.2) is 9.78 Å². The Bertz CT molecular complexity index is 1040. The normalized spacial score (nSPS) is 14.1. The standard InChI is InChI=1S/C24H33F3N4O3/c1-14(2)12-23(6,31(21(32)33)22(3,4)5)13-34-18-8-7-15(11-17(18)24(25,26)27)16-9-10-30-20(29)19(16)28/h7-11,14H,12-13,28H2,1-6H3,(H2,29,30)(H,32,33). The Balaban J connectivity index is 2.52. The number of hydrogen-bond donors (Lipinski definition) is 3. The summed E-state index contributed by atoms with van der Waals surface area (Å²) in [4.78, 5) is 17.2. The number of nitrogen functional groups attached to an aromatic ring is 2. The molecule has 2 rings (SSSR count). The summed E-state index contributed by atoms with van der Waals surface area (Å²) in [5, 5.41) is 9.91. The molecule has 0 fully saturated rings. The van der Waals surface area contributed by atoms with Crippen LogP contribution in [0.1, 0.15) is 53.5 Å². The summed E-state index contributed by atoms with van der Waals surface area (Å²) in [5.74, 6) is -0.305. The Morgan fingerprint density at radius 1 is 1.15 bits per heavy atom. The first-order valence-electron chi connectivity index (χ1n) is 10.8. The summed E-state index contributed by atoms with van der Waals surface area (Å²) < 4.78 is 47.6. The molecule has 2 aromatic rings. The number of rotatable bonds is 7. The lowest BCUT2D eigenvalue weighted by Gasteiger charge is -2.47. The third kappa shape index (κ3) is 6.03. The van der Waals surface area contributed by atoms with Gasteiger partial charge in [-0.05, 0) is 63.8 Å². The lowest BCUT2D eigenvalue weighted by atomic mass is 9.86. The number of nitrogens with two attached hydrogens (primary N) is 2. The number of pyridine rings is 1. The number of anilines is 2. The van der Waals surface area contributed by atoms with Crippen LogP contribution in [0.5, 0.6) is 5.75 Å². The van der Waals surface area contributed by atoms with Gasteiger partial charge in [0.15, 0.2) is 0 Å². The van der Waals surface area contributed by atoms with Gasteiger partial charge in [0.25, 0.3) is 0 Å². The first-order chi connectivity index (χ1) is 15.5. The van der Waals surface area contributed by atoms with Crippen LogP contribution in [0.4, 0.5) is 29.5 Å². The molecule has 0 saturated heterocycles. The number of amides is 1. The fourth-order valence-electron chi connectivity index (χ4n) is 4.44. The molecule has 0 aliphatic rings. The number of aromatic nitrogens is 1. The van der Waals surface area contributed by atoms with Crippen LogP contribution in [0.3, 0.4) is 0 Å². The van der Waals surface area contributed by atoms with Crippen molar-refractivity contribution in [2.45, 2.75) is 65.2 Å². The van der Waals surface area contributed by atoms with Crippen molar-refractivity contribution in [3.8, 4) is 16.9 Å². The van der Waals surface area contributed by atoms with Gasteiger partial charge in [-0.15, -0.1) is 0 Å². The first-order valence-corrected chi connectivity index (χ1v) is 10.8. The maximum atomic E-state index is 14.0. The fourth-order valence-corrected chi connectivity index (χ4v) is 4.44. The highest BCUT2D eigenvalue weighted by Crippen LogP contribution is 2.41. The molecule has 1 unspecified atom stereocenters. The summed E-state index contributed by atoms with van der Waals surface area (Å²) in [6, 6.07) is 5.09. The van der Waals surface area contributed by atoms with Crippen LogP contribution in [-0.4, -0.2) is 38.8 Å². The lowest BCUT2D eigenvalue weighted by molar-refractivity contribution is -0.139. The van der Waals surface area contributed by atoms with Gasteiger partial charge in [0.05, 0.1) is 16.8 Å². The van der Waals surface area contributed by atoms with Crippen molar-refractivity contribution in [1.29, 1.82) is 0 Å². The maximum absolute atomic E-state index is 14.0. The van der Waals surface area contributed by atoms with Crippen LogP contribution < -0.4 is 16.2 Å². The van der Waals surface area contributed by atoms with Crippen LogP contribution >= 0.6 is 0 Å². The van der Waals surface area contributed by atoms with E-state index < -0.39 is 34.7 Å². The second-order valence-electron chi connectivity index (χ2n) is 10.0. The average Bonchev–Trinajstić information content (AvgIpc) is 2.65. The number of nitrogens with zero attached hydrogens (tertiary/aromatic N) is 2. The van der Waals surface area contributed by atoms with Gasteiger partial charge in [0, 0.05) is 17.3 Å². The quantitative estimate of drug-likeness (QED) is 0.453. The molecule has 1 aromatic carbocycles. The largest absolute Gasteiger partial charge is 0.491 e. The molecule has 0 aliphatic carbocycles. The van der Waals surface area contributed by atoms with Gasteiger partial charge >= 0.3 is 12.3 Å². The van der Waals surface area contributed by atoms with Gasteiger partial charge in [-0.3, -0.25) is 4.90 Å². The van der Waals surface area contributed by atoms with Crippen molar-refractivity contribution in [1.82, 2.24) is 9.88 Å². The SMILES string of the molecule is CC(C)CC(C)(COc1ccc(-c2ccnc(N)c2N)cc1C(F)(F)F)N(C(=O)O)C(C)(C)C. The molecule has 1 heterocycles. The van der Waals surface area contributed by atoms with Crippen molar-refractivity contribution in [2.75, 3.05) is 18.1 Å². The number of carboxylic acid groups (broad SMARTS) is 1. The van der Waals surface area contributed by atoms with Crippen LogP contribution in [0, 0.1) is 5.92 Å². The molecule has 10 heteroatoms. The molecular formula is C24H33F3N4O3. The molecule has 0 radical (unpaired) electrons. The minimum Gasteiger partial charge on any atom is -0.491 e. The number of alkyl halides is 3. The topological polar surface area (TPSA) is 115 Å². The predicted octanol–water partition coefficient (Wildman–Crippen LogP) is 5.89. The fraction of sp³-hybridized carbons (Fsp3) is 0.500. The van der Waals surface area contributed by atoms with E-state index in [1.165, 1.54) is 29.3 Å². The summed E-state index contributed by atoms with van der Waals surface area (Å²) in [6.07, 6.45) is -4.13. The zero-order chi connectivity index (χ0) is 26.1. The Morgan fingerprint density at radius 3 is 2.26 bits per heavy atom. The van der Waals surface area contributed by atoms with E-state index in [9.17, 15) is 23.1 Å². The molecule has 7 nitrogen and oxygen atoms in total. The number of hydrogen-bond acceptors (Lipinski definition) is 5. The molecule has 0 saturated carbocycles. The van der Waals surface area contributed by atoms with E-state index in [4.69, 9.17) is 16.2 Å². The van der Waals surface area contributed by atoms with Gasteiger partial charge in [-0.2, -0.15) is 13.2 Å². The van der Waals surface area contributed by atoms with Gasteiger partial charge in [0.2, 0.25) is 0 Å². The molecule has 0 spiro atoms. The number of carbonyl (C=O) groups is 1. The summed E-state index contributed by atoms with van der Waals surface area (Å²) >= 11 is 0. The molecule has 0 bridgehead atoms. The summed E-state index contributed by atoms with van der Waals surface area (Å²) in [7, 11) is 0. The Labute approximate surface area is 197 Å². The van der Waals surface area contributed by atoms with Crippen molar-refractivity contribution < 1.29 is 27.8 Å². The second kappa shape index (κ2) is 9.60. The molecule has 0 aliphatic heterocycles. The van der Waals surface area contributed by atoms with Crippen LogP contribution in [0.25, 0.3) is 11.1 Å². The van der Waals surface area contributed by atoms with E-state index in [-0.39, 0.29) is 29.6 Å². The van der Waals surface area contributed by atoms with E-state index >= 15 is 0 Å². The molecule has 5 N–H and O–H groups in total. The first kappa shape index (κ1) is 27.1. The van der Waals surface area contributed by atoms with E-state index in [1.807, 2.05) is 13.8 Å². The van der Waals surface area contributed by atoms with E-state index in [2.05, 4.69) is 4.98 Å². The maximum Gasteiger partial charge on any atom is 0.419 e. The van der Waals surface area contributed by atoms with Gasteiger partial charge in [0.1, 0.15) is 18.2 Å². The molecular weight excluding hydrogens is 449 g/mol. The Hall–Kier alpha value is -3.17. The number of benzene rings is 1. The van der Waals surface area contributed by atoms with Crippen molar-refractivity contribution in [3.05, 3.63) is 36.0 Å².